The summed E-state index contributed by atoms with van der Waals surface area (Å²) in [4.78, 5) is 10.9. The number of hydrogen-bond donors (Lipinski definition) is 2. The second-order valence-electron chi connectivity index (χ2n) is 3.76. The third kappa shape index (κ3) is 1.68. The van der Waals surface area contributed by atoms with Crippen LogP contribution < -0.4 is 10.5 Å². The first-order valence-corrected chi connectivity index (χ1v) is 4.86. The number of carboxylic acid groups (broad SMARTS) is 1. The first-order chi connectivity index (χ1) is 7.09. The number of aromatic carboxylic acids is 1. The predicted octanol–water partition coefficient (Wildman–Crippen LogP) is 1.48. The fraction of sp³-hybridized carbons (Fsp3) is 0.364. The third-order valence-electron chi connectivity index (χ3n) is 2.63. The highest BCUT2D eigenvalue weighted by molar-refractivity contribution is 5.88. The Bertz CT molecular complexity index is 415. The Morgan fingerprint density at radius 1 is 1.60 bits per heavy atom. The van der Waals surface area contributed by atoms with Crippen LogP contribution in [0.5, 0.6) is 5.75 Å². The van der Waals surface area contributed by atoms with E-state index < -0.39 is 5.97 Å². The van der Waals surface area contributed by atoms with Gasteiger partial charge in [-0.2, -0.15) is 0 Å². The van der Waals surface area contributed by atoms with Gasteiger partial charge in [-0.15, -0.1) is 0 Å². The Balaban J connectivity index is 2.56. The van der Waals surface area contributed by atoms with Crippen molar-refractivity contribution < 1.29 is 14.6 Å². The number of aryl methyl sites for hydroxylation is 1. The zero-order valence-electron chi connectivity index (χ0n) is 8.49. The van der Waals surface area contributed by atoms with Crippen LogP contribution in [0.1, 0.15) is 33.9 Å². The van der Waals surface area contributed by atoms with Crippen molar-refractivity contribution in [2.75, 3.05) is 6.61 Å². The van der Waals surface area contributed by atoms with Gasteiger partial charge >= 0.3 is 5.97 Å². The molecule has 80 valence electrons. The van der Waals surface area contributed by atoms with Crippen LogP contribution >= 0.6 is 0 Å². The highest BCUT2D eigenvalue weighted by Crippen LogP contribution is 2.34. The Morgan fingerprint density at radius 2 is 2.33 bits per heavy atom. The molecule has 0 radical (unpaired) electrons. The van der Waals surface area contributed by atoms with Crippen molar-refractivity contribution in [3.8, 4) is 5.75 Å². The van der Waals surface area contributed by atoms with Crippen LogP contribution in [0.4, 0.5) is 0 Å². The van der Waals surface area contributed by atoms with Crippen LogP contribution in [0.3, 0.4) is 0 Å². The van der Waals surface area contributed by atoms with Crippen molar-refractivity contribution in [1.29, 1.82) is 0 Å². The van der Waals surface area contributed by atoms with Gasteiger partial charge in [-0.1, -0.05) is 0 Å². The van der Waals surface area contributed by atoms with Gasteiger partial charge in [-0.25, -0.2) is 4.79 Å². The molecule has 3 N–H and O–H groups in total. The number of carbonyl (C=O) groups is 1. The van der Waals surface area contributed by atoms with Crippen LogP contribution in [0.2, 0.25) is 0 Å². The van der Waals surface area contributed by atoms with Crippen molar-refractivity contribution in [2.45, 2.75) is 19.4 Å². The lowest BCUT2D eigenvalue weighted by Crippen LogP contribution is -2.21. The van der Waals surface area contributed by atoms with Gasteiger partial charge in [-0.3, -0.25) is 0 Å². The molecule has 0 saturated heterocycles. The molecular weight excluding hydrogens is 194 g/mol. The molecule has 1 aliphatic heterocycles. The minimum absolute atomic E-state index is 0.119. The van der Waals surface area contributed by atoms with Crippen LogP contribution in [-0.2, 0) is 0 Å². The second-order valence-corrected chi connectivity index (χ2v) is 3.76. The summed E-state index contributed by atoms with van der Waals surface area (Å²) in [5.74, 6) is -0.183. The Kier molecular flexibility index (Phi) is 2.36. The van der Waals surface area contributed by atoms with E-state index in [1.54, 1.807) is 12.1 Å². The highest BCUT2D eigenvalue weighted by atomic mass is 16.5. The number of benzene rings is 1. The normalized spacial score (nSPS) is 19.2. The van der Waals surface area contributed by atoms with Crippen molar-refractivity contribution in [3.05, 3.63) is 28.8 Å². The average molecular weight is 207 g/mol. The fourth-order valence-electron chi connectivity index (χ4n) is 1.84. The lowest BCUT2D eigenvalue weighted by molar-refractivity contribution is 0.0696. The SMILES string of the molecule is Cc1cc(C(=O)O)cc2c1OCC[C@@H]2N. The maximum Gasteiger partial charge on any atom is 0.335 e. The van der Waals surface area contributed by atoms with E-state index in [1.165, 1.54) is 0 Å². The van der Waals surface area contributed by atoms with Gasteiger partial charge in [0.2, 0.25) is 0 Å². The summed E-state index contributed by atoms with van der Waals surface area (Å²) in [5, 5.41) is 8.92. The fourth-order valence-corrected chi connectivity index (χ4v) is 1.84. The topological polar surface area (TPSA) is 72.5 Å². The number of nitrogens with two attached hydrogens (primary N) is 1. The van der Waals surface area contributed by atoms with Gasteiger partial charge < -0.3 is 15.6 Å². The smallest absolute Gasteiger partial charge is 0.335 e. The van der Waals surface area contributed by atoms with Crippen LogP contribution in [0.25, 0.3) is 0 Å². The van der Waals surface area contributed by atoms with E-state index in [9.17, 15) is 4.79 Å². The van der Waals surface area contributed by atoms with E-state index in [0.29, 0.717) is 6.61 Å². The Morgan fingerprint density at radius 3 is 3.00 bits per heavy atom. The number of rotatable bonds is 1. The van der Waals surface area contributed by atoms with E-state index >= 15 is 0 Å². The lowest BCUT2D eigenvalue weighted by Gasteiger charge is -2.24. The van der Waals surface area contributed by atoms with Crippen LogP contribution in [-0.4, -0.2) is 17.7 Å². The zero-order chi connectivity index (χ0) is 11.0. The van der Waals surface area contributed by atoms with Crippen molar-refractivity contribution in [3.63, 3.8) is 0 Å². The molecule has 0 unspecified atom stereocenters. The van der Waals surface area contributed by atoms with E-state index in [2.05, 4.69) is 0 Å². The average Bonchev–Trinajstić information content (AvgIpc) is 2.19. The molecule has 0 bridgehead atoms. The molecule has 1 atom stereocenters. The molecule has 0 aromatic heterocycles. The van der Waals surface area contributed by atoms with Crippen molar-refractivity contribution in [1.82, 2.24) is 0 Å². The molecule has 2 rings (SSSR count). The molecule has 1 aliphatic rings. The van der Waals surface area contributed by atoms with Gasteiger partial charge in [-0.05, 0) is 24.6 Å². The molecule has 0 amide bonds. The Labute approximate surface area is 87.7 Å². The minimum atomic E-state index is -0.932. The molecule has 0 saturated carbocycles. The second kappa shape index (κ2) is 3.55. The van der Waals surface area contributed by atoms with Gasteiger partial charge in [0.05, 0.1) is 12.2 Å². The largest absolute Gasteiger partial charge is 0.493 e. The summed E-state index contributed by atoms with van der Waals surface area (Å²) < 4.78 is 5.49. The molecule has 1 aromatic carbocycles. The third-order valence-corrected chi connectivity index (χ3v) is 2.63. The standard InChI is InChI=1S/C11H13NO3/c1-6-4-7(11(13)14)5-8-9(12)2-3-15-10(6)8/h4-5,9H,2-3,12H2,1H3,(H,13,14)/t9-/m0/s1. The zero-order valence-corrected chi connectivity index (χ0v) is 8.49. The lowest BCUT2D eigenvalue weighted by atomic mass is 9.96. The first-order valence-electron chi connectivity index (χ1n) is 4.86. The molecule has 1 heterocycles. The first kappa shape index (κ1) is 9.98. The van der Waals surface area contributed by atoms with E-state index in [1.807, 2.05) is 6.92 Å². The van der Waals surface area contributed by atoms with Crippen LogP contribution in [0.15, 0.2) is 12.1 Å². The Hall–Kier alpha value is -1.55. The predicted molar refractivity (Wildman–Crippen MR) is 55.2 cm³/mol. The molecule has 4 heteroatoms. The van der Waals surface area contributed by atoms with Crippen molar-refractivity contribution >= 4 is 5.97 Å². The number of ether oxygens (including phenoxy) is 1. The van der Waals surface area contributed by atoms with Crippen molar-refractivity contribution in [2.24, 2.45) is 5.73 Å². The quantitative estimate of drug-likeness (QED) is 0.731. The summed E-state index contributed by atoms with van der Waals surface area (Å²) in [6.07, 6.45) is 0.732. The van der Waals surface area contributed by atoms with E-state index in [-0.39, 0.29) is 11.6 Å². The minimum Gasteiger partial charge on any atom is -0.493 e. The van der Waals surface area contributed by atoms with Gasteiger partial charge in [0.1, 0.15) is 5.75 Å². The molecule has 0 fully saturated rings. The molecular formula is C11H13NO3. The molecule has 15 heavy (non-hydrogen) atoms. The van der Waals surface area contributed by atoms with Gasteiger partial charge in [0.15, 0.2) is 0 Å². The van der Waals surface area contributed by atoms with E-state index in [4.69, 9.17) is 15.6 Å². The number of hydrogen-bond acceptors (Lipinski definition) is 3. The summed E-state index contributed by atoms with van der Waals surface area (Å²) >= 11 is 0. The maximum atomic E-state index is 10.9. The van der Waals surface area contributed by atoms with E-state index in [0.717, 1.165) is 23.3 Å². The molecule has 4 nitrogen and oxygen atoms in total. The number of carboxylic acids is 1. The maximum absolute atomic E-state index is 10.9. The molecule has 0 aliphatic carbocycles. The van der Waals surface area contributed by atoms with Crippen LogP contribution in [0, 0.1) is 6.92 Å². The monoisotopic (exact) mass is 207 g/mol. The van der Waals surface area contributed by atoms with Gasteiger partial charge in [0, 0.05) is 18.0 Å². The summed E-state index contributed by atoms with van der Waals surface area (Å²) in [5.41, 5.74) is 7.82. The summed E-state index contributed by atoms with van der Waals surface area (Å²) in [6, 6.07) is 3.10. The number of fused-ring (bicyclic) bond motifs is 1. The summed E-state index contributed by atoms with van der Waals surface area (Å²) in [6.45, 7) is 2.44. The van der Waals surface area contributed by atoms with Gasteiger partial charge in [0.25, 0.3) is 0 Å². The summed E-state index contributed by atoms with van der Waals surface area (Å²) in [7, 11) is 0. The molecule has 0 spiro atoms. The highest BCUT2D eigenvalue weighted by Gasteiger charge is 2.21. The molecule has 1 aromatic rings.